The van der Waals surface area contributed by atoms with E-state index >= 15 is 0 Å². The number of pyridine rings is 1. The number of rotatable bonds is 6. The van der Waals surface area contributed by atoms with E-state index in [1.807, 2.05) is 12.4 Å². The number of nitrogens with one attached hydrogen (secondary N) is 1. The monoisotopic (exact) mass is 282 g/mol. The predicted molar refractivity (Wildman–Crippen MR) is 89.7 cm³/mol. The Morgan fingerprint density at radius 3 is 2.62 bits per heavy atom. The van der Waals surface area contributed by atoms with Crippen molar-refractivity contribution in [3.05, 3.63) is 64.5 Å². The fourth-order valence-electron chi connectivity index (χ4n) is 2.85. The van der Waals surface area contributed by atoms with Crippen molar-refractivity contribution in [2.24, 2.45) is 0 Å². The number of hydrogen-bond donors (Lipinski definition) is 1. The molecule has 112 valence electrons. The molecule has 21 heavy (non-hydrogen) atoms. The summed E-state index contributed by atoms with van der Waals surface area (Å²) >= 11 is 0. The quantitative estimate of drug-likeness (QED) is 0.860. The van der Waals surface area contributed by atoms with Gasteiger partial charge in [0.05, 0.1) is 0 Å². The van der Waals surface area contributed by atoms with Crippen molar-refractivity contribution < 1.29 is 0 Å². The van der Waals surface area contributed by atoms with E-state index in [2.05, 4.69) is 62.3 Å². The van der Waals surface area contributed by atoms with Crippen LogP contribution in [0.25, 0.3) is 0 Å². The molecule has 0 aliphatic heterocycles. The smallest absolute Gasteiger partial charge is 0.0364 e. The molecule has 0 aliphatic carbocycles. The molecular weight excluding hydrogens is 256 g/mol. The Balaban J connectivity index is 2.33. The van der Waals surface area contributed by atoms with Crippen molar-refractivity contribution in [3.8, 4) is 0 Å². The van der Waals surface area contributed by atoms with Crippen LogP contribution in [0, 0.1) is 13.8 Å². The van der Waals surface area contributed by atoms with Gasteiger partial charge >= 0.3 is 0 Å². The summed E-state index contributed by atoms with van der Waals surface area (Å²) in [5.41, 5.74) is 6.86. The van der Waals surface area contributed by atoms with Gasteiger partial charge in [0.1, 0.15) is 0 Å². The molecule has 1 aromatic heterocycles. The highest BCUT2D eigenvalue weighted by molar-refractivity contribution is 5.34. The normalized spacial score (nSPS) is 12.4. The minimum absolute atomic E-state index is 0.355. The molecule has 0 bridgehead atoms. The van der Waals surface area contributed by atoms with Gasteiger partial charge in [-0.3, -0.25) is 4.98 Å². The van der Waals surface area contributed by atoms with E-state index in [0.29, 0.717) is 6.04 Å². The zero-order valence-electron chi connectivity index (χ0n) is 13.6. The Morgan fingerprint density at radius 2 is 1.90 bits per heavy atom. The van der Waals surface area contributed by atoms with Gasteiger partial charge in [0.2, 0.25) is 0 Å². The molecule has 0 saturated carbocycles. The molecule has 0 amide bonds. The molecule has 0 saturated heterocycles. The lowest BCUT2D eigenvalue weighted by atomic mass is 9.92. The second kappa shape index (κ2) is 7.37. The van der Waals surface area contributed by atoms with Gasteiger partial charge in [0, 0.05) is 18.4 Å². The summed E-state index contributed by atoms with van der Waals surface area (Å²) in [6.07, 6.45) is 5.96. The van der Waals surface area contributed by atoms with E-state index in [1.165, 1.54) is 27.8 Å². The lowest BCUT2D eigenvalue weighted by Gasteiger charge is -2.22. The maximum absolute atomic E-state index is 4.27. The molecule has 0 aliphatic rings. The van der Waals surface area contributed by atoms with Crippen molar-refractivity contribution in [2.75, 3.05) is 6.54 Å². The van der Waals surface area contributed by atoms with E-state index < -0.39 is 0 Å². The van der Waals surface area contributed by atoms with Gasteiger partial charge in [-0.2, -0.15) is 0 Å². The molecule has 1 N–H and O–H groups in total. The van der Waals surface area contributed by atoms with E-state index in [9.17, 15) is 0 Å². The van der Waals surface area contributed by atoms with Crippen LogP contribution in [0.1, 0.15) is 47.7 Å². The maximum atomic E-state index is 4.27. The zero-order valence-corrected chi connectivity index (χ0v) is 13.6. The summed E-state index contributed by atoms with van der Waals surface area (Å²) in [7, 11) is 0. The van der Waals surface area contributed by atoms with Gasteiger partial charge in [-0.1, -0.05) is 37.6 Å². The third-order valence-electron chi connectivity index (χ3n) is 4.08. The van der Waals surface area contributed by atoms with Crippen LogP contribution in [0.5, 0.6) is 0 Å². The Hall–Kier alpha value is -1.67. The van der Waals surface area contributed by atoms with Crippen LogP contribution in [0.4, 0.5) is 0 Å². The number of nitrogens with zero attached hydrogens (tertiary/aromatic N) is 1. The molecule has 0 spiro atoms. The second-order valence-corrected chi connectivity index (χ2v) is 5.67. The average Bonchev–Trinajstić information content (AvgIpc) is 2.50. The van der Waals surface area contributed by atoms with Crippen LogP contribution in [0.15, 0.2) is 36.7 Å². The van der Waals surface area contributed by atoms with Crippen molar-refractivity contribution in [3.63, 3.8) is 0 Å². The fourth-order valence-corrected chi connectivity index (χ4v) is 2.85. The molecule has 0 fully saturated rings. The van der Waals surface area contributed by atoms with E-state index in [-0.39, 0.29) is 0 Å². The van der Waals surface area contributed by atoms with Crippen LogP contribution < -0.4 is 5.32 Å². The van der Waals surface area contributed by atoms with Gasteiger partial charge in [0.25, 0.3) is 0 Å². The molecular formula is C19H26N2. The van der Waals surface area contributed by atoms with Gasteiger partial charge in [-0.15, -0.1) is 0 Å². The van der Waals surface area contributed by atoms with Crippen molar-refractivity contribution in [2.45, 2.75) is 46.6 Å². The highest BCUT2D eigenvalue weighted by atomic mass is 14.9. The number of likely N-dealkylation sites (N-methyl/N-ethyl adjacent to an activating group) is 1. The lowest BCUT2D eigenvalue weighted by Crippen LogP contribution is -2.24. The fraction of sp³-hybridized carbons (Fsp3) is 0.421. The summed E-state index contributed by atoms with van der Waals surface area (Å²) in [5, 5.41) is 3.64. The molecule has 1 aromatic carbocycles. The number of hydrogen-bond acceptors (Lipinski definition) is 2. The van der Waals surface area contributed by atoms with Crippen molar-refractivity contribution in [1.29, 1.82) is 0 Å². The Bertz CT molecular complexity index is 590. The molecule has 2 aromatic rings. The average molecular weight is 282 g/mol. The third-order valence-corrected chi connectivity index (χ3v) is 4.08. The number of aromatic nitrogens is 1. The largest absolute Gasteiger partial charge is 0.310 e. The summed E-state index contributed by atoms with van der Waals surface area (Å²) in [6.45, 7) is 9.70. The predicted octanol–water partition coefficient (Wildman–Crippen LogP) is 4.15. The highest BCUT2D eigenvalue weighted by Gasteiger charge is 2.15. The Labute approximate surface area is 128 Å². The first-order chi connectivity index (χ1) is 10.2. The van der Waals surface area contributed by atoms with Crippen LogP contribution >= 0.6 is 0 Å². The highest BCUT2D eigenvalue weighted by Crippen LogP contribution is 2.24. The van der Waals surface area contributed by atoms with E-state index in [0.717, 1.165) is 19.4 Å². The standard InChI is InChI=1S/C19H26N2/c1-5-16-13-20-10-9-18(16)19(21-6-2)12-17-11-14(3)7-8-15(17)4/h7-11,13,19,21H,5-6,12H2,1-4H3. The topological polar surface area (TPSA) is 24.9 Å². The first-order valence-electron chi connectivity index (χ1n) is 7.88. The second-order valence-electron chi connectivity index (χ2n) is 5.67. The summed E-state index contributed by atoms with van der Waals surface area (Å²) in [5.74, 6) is 0. The Kier molecular flexibility index (Phi) is 5.51. The minimum Gasteiger partial charge on any atom is -0.310 e. The molecule has 1 heterocycles. The number of aryl methyl sites for hydroxylation is 3. The molecule has 2 rings (SSSR count). The third kappa shape index (κ3) is 3.92. The lowest BCUT2D eigenvalue weighted by molar-refractivity contribution is 0.544. The first kappa shape index (κ1) is 15.7. The van der Waals surface area contributed by atoms with Gasteiger partial charge in [-0.25, -0.2) is 0 Å². The Morgan fingerprint density at radius 1 is 1.10 bits per heavy atom. The van der Waals surface area contributed by atoms with E-state index in [4.69, 9.17) is 0 Å². The van der Waals surface area contributed by atoms with Crippen LogP contribution in [0.2, 0.25) is 0 Å². The van der Waals surface area contributed by atoms with Crippen LogP contribution in [-0.2, 0) is 12.8 Å². The van der Waals surface area contributed by atoms with Crippen LogP contribution in [-0.4, -0.2) is 11.5 Å². The van der Waals surface area contributed by atoms with E-state index in [1.54, 1.807) is 0 Å². The van der Waals surface area contributed by atoms with Gasteiger partial charge in [-0.05, 0) is 61.6 Å². The van der Waals surface area contributed by atoms with Crippen molar-refractivity contribution >= 4 is 0 Å². The maximum Gasteiger partial charge on any atom is 0.0364 e. The summed E-state index contributed by atoms with van der Waals surface area (Å²) in [6, 6.07) is 9.24. The molecule has 1 unspecified atom stereocenters. The molecule has 2 nitrogen and oxygen atoms in total. The van der Waals surface area contributed by atoms with Crippen molar-refractivity contribution in [1.82, 2.24) is 10.3 Å². The van der Waals surface area contributed by atoms with Gasteiger partial charge in [0.15, 0.2) is 0 Å². The molecule has 0 radical (unpaired) electrons. The summed E-state index contributed by atoms with van der Waals surface area (Å²) in [4.78, 5) is 4.27. The zero-order chi connectivity index (χ0) is 15.2. The minimum atomic E-state index is 0.355. The SMILES string of the molecule is CCNC(Cc1cc(C)ccc1C)c1ccncc1CC. The van der Waals surface area contributed by atoms with Crippen LogP contribution in [0.3, 0.4) is 0 Å². The summed E-state index contributed by atoms with van der Waals surface area (Å²) < 4.78 is 0. The van der Waals surface area contributed by atoms with Gasteiger partial charge < -0.3 is 5.32 Å². The molecule has 2 heteroatoms. The first-order valence-corrected chi connectivity index (χ1v) is 7.88. The molecule has 1 atom stereocenters. The number of benzene rings is 1.